The molecule has 2 aliphatic heterocycles. The van der Waals surface area contributed by atoms with Gasteiger partial charge in [0, 0.05) is 11.4 Å². The van der Waals surface area contributed by atoms with E-state index in [1.54, 1.807) is 0 Å². The maximum Gasteiger partial charge on any atom is 0.0978 e. The van der Waals surface area contributed by atoms with Gasteiger partial charge in [-0.25, -0.2) is 0 Å². The number of hydrogen-bond donors (Lipinski definition) is 1. The lowest BCUT2D eigenvalue weighted by molar-refractivity contribution is 0.315. The van der Waals surface area contributed by atoms with Crippen LogP contribution >= 0.6 is 11.6 Å². The summed E-state index contributed by atoms with van der Waals surface area (Å²) in [4.78, 5) is 0. The van der Waals surface area contributed by atoms with E-state index in [2.05, 4.69) is 27.7 Å². The van der Waals surface area contributed by atoms with Crippen LogP contribution in [0.4, 0.5) is 0 Å². The van der Waals surface area contributed by atoms with Gasteiger partial charge in [-0.05, 0) is 49.5 Å². The van der Waals surface area contributed by atoms with Gasteiger partial charge in [0.2, 0.25) is 0 Å². The Bertz CT molecular complexity index is 423. The van der Waals surface area contributed by atoms with E-state index in [1.807, 2.05) is 12.1 Å². The molecule has 2 heterocycles. The highest BCUT2D eigenvalue weighted by molar-refractivity contribution is 6.30. The van der Waals surface area contributed by atoms with Crippen molar-refractivity contribution in [1.82, 2.24) is 5.32 Å². The lowest BCUT2D eigenvalue weighted by Crippen LogP contribution is -2.32. The van der Waals surface area contributed by atoms with Crippen LogP contribution in [0.5, 0.6) is 0 Å². The first-order chi connectivity index (χ1) is 8.83. The molecule has 1 aromatic carbocycles. The molecule has 2 atom stereocenters. The van der Waals surface area contributed by atoms with Crippen LogP contribution in [0.25, 0.3) is 0 Å². The van der Waals surface area contributed by atoms with Crippen LogP contribution in [-0.4, -0.2) is 19.1 Å². The Morgan fingerprint density at radius 2 is 1.78 bits per heavy atom. The number of benzene rings is 1. The predicted molar refractivity (Wildman–Crippen MR) is 73.0 cm³/mol. The Balaban J connectivity index is 1.64. The zero-order chi connectivity index (χ0) is 12.4. The first-order valence-electron chi connectivity index (χ1n) is 6.69. The van der Waals surface area contributed by atoms with E-state index < -0.39 is 0 Å². The second-order valence-corrected chi connectivity index (χ2v) is 5.63. The summed E-state index contributed by atoms with van der Waals surface area (Å²) in [6, 6.07) is 8.66. The second kappa shape index (κ2) is 5.37. The molecule has 0 aromatic heterocycles. The third-order valence-corrected chi connectivity index (χ3v) is 4.25. The number of piperidine rings is 1. The summed E-state index contributed by atoms with van der Waals surface area (Å²) in [6.07, 6.45) is 3.53. The van der Waals surface area contributed by atoms with Crippen LogP contribution in [0.1, 0.15) is 30.9 Å². The summed E-state index contributed by atoms with van der Waals surface area (Å²) >= 11 is 5.91. The van der Waals surface area contributed by atoms with E-state index in [4.69, 9.17) is 11.6 Å². The zero-order valence-corrected chi connectivity index (χ0v) is 11.1. The van der Waals surface area contributed by atoms with Gasteiger partial charge in [0.15, 0.2) is 0 Å². The minimum Gasteiger partial charge on any atom is -0.317 e. The highest BCUT2D eigenvalue weighted by atomic mass is 35.5. The molecule has 0 saturated carbocycles. The molecule has 96 valence electrons. The molecule has 1 saturated heterocycles. The second-order valence-electron chi connectivity index (χ2n) is 5.19. The van der Waals surface area contributed by atoms with Crippen LogP contribution in [0.15, 0.2) is 34.5 Å². The molecule has 0 aliphatic carbocycles. The fourth-order valence-electron chi connectivity index (χ4n) is 2.89. The van der Waals surface area contributed by atoms with Crippen molar-refractivity contribution < 1.29 is 0 Å². The number of nitrogens with one attached hydrogen (secondary N) is 1. The van der Waals surface area contributed by atoms with Crippen molar-refractivity contribution in [3.63, 3.8) is 0 Å². The van der Waals surface area contributed by atoms with E-state index in [1.165, 1.54) is 18.4 Å². The van der Waals surface area contributed by atoms with Crippen LogP contribution in [-0.2, 0) is 0 Å². The maximum absolute atomic E-state index is 5.91. The quantitative estimate of drug-likeness (QED) is 0.870. The summed E-state index contributed by atoms with van der Waals surface area (Å²) in [5, 5.41) is 13.1. The number of hydrogen-bond acceptors (Lipinski definition) is 3. The van der Waals surface area contributed by atoms with Crippen LogP contribution in [0.3, 0.4) is 0 Å². The Morgan fingerprint density at radius 1 is 1.06 bits per heavy atom. The molecule has 0 bridgehead atoms. The van der Waals surface area contributed by atoms with E-state index >= 15 is 0 Å². The van der Waals surface area contributed by atoms with Crippen molar-refractivity contribution in [2.45, 2.75) is 31.3 Å². The minimum atomic E-state index is 0.238. The Hall–Kier alpha value is -0.930. The monoisotopic (exact) mass is 263 g/mol. The van der Waals surface area contributed by atoms with E-state index in [9.17, 15) is 0 Å². The van der Waals surface area contributed by atoms with E-state index in [0.717, 1.165) is 24.5 Å². The first kappa shape index (κ1) is 12.1. The number of rotatable bonds is 2. The van der Waals surface area contributed by atoms with Gasteiger partial charge in [0.25, 0.3) is 0 Å². The van der Waals surface area contributed by atoms with Gasteiger partial charge in [-0.3, -0.25) is 0 Å². The SMILES string of the molecule is Clc1ccc(C2CC(C3CCNCC3)N=N2)cc1. The van der Waals surface area contributed by atoms with Crippen molar-refractivity contribution in [3.05, 3.63) is 34.9 Å². The van der Waals surface area contributed by atoms with Gasteiger partial charge in [0.1, 0.15) is 0 Å². The van der Waals surface area contributed by atoms with Gasteiger partial charge >= 0.3 is 0 Å². The summed E-state index contributed by atoms with van der Waals surface area (Å²) in [6.45, 7) is 2.25. The largest absolute Gasteiger partial charge is 0.317 e. The Labute approximate surface area is 113 Å². The topological polar surface area (TPSA) is 36.8 Å². The fraction of sp³-hybridized carbons (Fsp3) is 0.571. The molecule has 2 aliphatic rings. The third-order valence-electron chi connectivity index (χ3n) is 4.00. The van der Waals surface area contributed by atoms with Gasteiger partial charge in [-0.2, -0.15) is 10.2 Å². The molecule has 1 fully saturated rings. The summed E-state index contributed by atoms with van der Waals surface area (Å²) in [5.74, 6) is 0.715. The lowest BCUT2D eigenvalue weighted by atomic mass is 9.87. The van der Waals surface area contributed by atoms with Gasteiger partial charge in [-0.1, -0.05) is 23.7 Å². The van der Waals surface area contributed by atoms with E-state index in [-0.39, 0.29) is 6.04 Å². The normalized spacial score (nSPS) is 28.7. The van der Waals surface area contributed by atoms with Gasteiger partial charge in [0.05, 0.1) is 12.1 Å². The molecule has 18 heavy (non-hydrogen) atoms. The maximum atomic E-state index is 5.91. The van der Waals surface area contributed by atoms with Crippen molar-refractivity contribution in [2.24, 2.45) is 16.1 Å². The molecule has 4 heteroatoms. The van der Waals surface area contributed by atoms with Crippen molar-refractivity contribution in [2.75, 3.05) is 13.1 Å². The van der Waals surface area contributed by atoms with E-state index in [0.29, 0.717) is 12.0 Å². The smallest absolute Gasteiger partial charge is 0.0978 e. The summed E-state index contributed by atoms with van der Waals surface area (Å²) < 4.78 is 0. The van der Waals surface area contributed by atoms with Crippen LogP contribution in [0.2, 0.25) is 5.02 Å². The fourth-order valence-corrected chi connectivity index (χ4v) is 3.02. The standard InChI is InChI=1S/C14H18ClN3/c15-12-3-1-10(2-4-12)13-9-14(18-17-13)11-5-7-16-8-6-11/h1-4,11,13-14,16H,5-9H2. The molecule has 1 aromatic rings. The molecule has 3 rings (SSSR count). The third kappa shape index (κ3) is 2.57. The van der Waals surface area contributed by atoms with Gasteiger partial charge < -0.3 is 5.32 Å². The van der Waals surface area contributed by atoms with Crippen molar-refractivity contribution in [3.8, 4) is 0 Å². The summed E-state index contributed by atoms with van der Waals surface area (Å²) in [7, 11) is 0. The first-order valence-corrected chi connectivity index (χ1v) is 7.07. The molecule has 3 nitrogen and oxygen atoms in total. The molecular weight excluding hydrogens is 246 g/mol. The van der Waals surface area contributed by atoms with Crippen LogP contribution in [0, 0.1) is 5.92 Å². The minimum absolute atomic E-state index is 0.238. The van der Waals surface area contributed by atoms with Crippen molar-refractivity contribution >= 4 is 11.6 Å². The molecule has 0 spiro atoms. The number of azo groups is 1. The average Bonchev–Trinajstić information content (AvgIpc) is 2.90. The average molecular weight is 264 g/mol. The molecule has 1 N–H and O–H groups in total. The molecular formula is C14H18ClN3. The predicted octanol–water partition coefficient (Wildman–Crippen LogP) is 3.61. The van der Waals surface area contributed by atoms with Gasteiger partial charge in [-0.15, -0.1) is 0 Å². The number of nitrogens with zero attached hydrogens (tertiary/aromatic N) is 2. The molecule has 2 unspecified atom stereocenters. The Kier molecular flexibility index (Phi) is 3.62. The molecule has 0 radical (unpaired) electrons. The summed E-state index contributed by atoms with van der Waals surface area (Å²) in [5.41, 5.74) is 1.24. The highest BCUT2D eigenvalue weighted by Gasteiger charge is 2.30. The molecule has 0 amide bonds. The zero-order valence-electron chi connectivity index (χ0n) is 10.3. The highest BCUT2D eigenvalue weighted by Crippen LogP contribution is 2.36. The van der Waals surface area contributed by atoms with Crippen LogP contribution < -0.4 is 5.32 Å². The number of halogens is 1. The Morgan fingerprint density at radius 3 is 2.50 bits per heavy atom. The van der Waals surface area contributed by atoms with Crippen molar-refractivity contribution in [1.29, 1.82) is 0 Å². The lowest BCUT2D eigenvalue weighted by Gasteiger charge is -2.25.